The largest absolute Gasteiger partial charge is 0.406 e. The van der Waals surface area contributed by atoms with Crippen LogP contribution < -0.4 is 10.6 Å². The monoisotopic (exact) mass is 579 g/mol. The smallest absolute Gasteiger partial charge is 0.339 e. The predicted octanol–water partition coefficient (Wildman–Crippen LogP) is 5.21. The number of amides is 3. The molecule has 4 rings (SSSR count). The molecule has 0 radical (unpaired) electrons. The van der Waals surface area contributed by atoms with E-state index in [-0.39, 0.29) is 23.2 Å². The Hall–Kier alpha value is -3.44. The number of alkyl halides is 3. The van der Waals surface area contributed by atoms with Crippen LogP contribution in [0.5, 0.6) is 0 Å². The first-order valence-electron chi connectivity index (χ1n) is 13.9. The number of carbonyl (C=O) groups excluding carboxylic acids is 3. The zero-order valence-electron chi connectivity index (χ0n) is 23.9. The number of hydrogen-bond donors (Lipinski definition) is 2. The number of likely N-dealkylation sites (N-methyl/N-ethyl adjacent to an activating group) is 1. The van der Waals surface area contributed by atoms with Gasteiger partial charge in [0.25, 0.3) is 5.91 Å². The number of hydrogen-bond acceptors (Lipinski definition) is 4. The molecule has 2 aliphatic rings. The molecule has 1 aromatic carbocycles. The van der Waals surface area contributed by atoms with Crippen molar-refractivity contribution in [1.82, 2.24) is 20.0 Å². The Morgan fingerprint density at radius 1 is 1.10 bits per heavy atom. The predicted molar refractivity (Wildman–Crippen MR) is 145 cm³/mol. The molecule has 41 heavy (non-hydrogen) atoms. The summed E-state index contributed by atoms with van der Waals surface area (Å²) in [6.07, 6.45) is 0.805. The maximum absolute atomic E-state index is 15.3. The number of anilines is 1. The summed E-state index contributed by atoms with van der Waals surface area (Å²) in [4.78, 5) is 40.1. The number of aryl methyl sites for hydroxylation is 1. The molecule has 2 N–H and O–H groups in total. The van der Waals surface area contributed by atoms with Crippen molar-refractivity contribution in [2.24, 2.45) is 17.8 Å². The van der Waals surface area contributed by atoms with E-state index in [9.17, 15) is 27.6 Å². The van der Waals surface area contributed by atoms with Crippen molar-refractivity contribution in [3.05, 3.63) is 47.0 Å². The third-order valence-corrected chi connectivity index (χ3v) is 7.92. The lowest BCUT2D eigenvalue weighted by Gasteiger charge is -2.28. The highest BCUT2D eigenvalue weighted by atomic mass is 19.4. The standard InChI is InChI=1S/C29H37F4N5O3/c1-15(2)38-23(10-11-34-38)26(39)36-25(24(18-6-7-18)19-8-9-19)27(40)35-22-12-16(3)20(13-21(22)30)17(4)28(41)37(5)14-29(31,32)33/h10-13,15,17-19,24-25H,6-9,14H2,1-5H3,(H,35,40)(H,36,39)/t17?,25-/m0/s1. The molecule has 12 heteroatoms. The molecule has 2 fully saturated rings. The number of carbonyl (C=O) groups is 3. The van der Waals surface area contributed by atoms with Gasteiger partial charge in [0.15, 0.2) is 0 Å². The highest BCUT2D eigenvalue weighted by Gasteiger charge is 2.48. The van der Waals surface area contributed by atoms with Crippen LogP contribution in [0.1, 0.15) is 80.0 Å². The molecule has 2 aliphatic carbocycles. The van der Waals surface area contributed by atoms with Crippen molar-refractivity contribution in [2.75, 3.05) is 18.9 Å². The average molecular weight is 580 g/mol. The SMILES string of the molecule is Cc1cc(NC(=O)[C@@H](NC(=O)c2ccnn2C(C)C)C(C2CC2)C2CC2)c(F)cc1C(C)C(=O)N(C)CC(F)(F)F. The molecule has 0 saturated heterocycles. The van der Waals surface area contributed by atoms with Crippen molar-refractivity contribution in [3.63, 3.8) is 0 Å². The van der Waals surface area contributed by atoms with E-state index in [2.05, 4.69) is 15.7 Å². The summed E-state index contributed by atoms with van der Waals surface area (Å²) in [5, 5.41) is 9.75. The topological polar surface area (TPSA) is 96.3 Å². The van der Waals surface area contributed by atoms with Crippen LogP contribution in [0.3, 0.4) is 0 Å². The summed E-state index contributed by atoms with van der Waals surface area (Å²) in [5.41, 5.74) is 0.852. The quantitative estimate of drug-likeness (QED) is 0.358. The summed E-state index contributed by atoms with van der Waals surface area (Å²) in [5.74, 6) is -3.14. The van der Waals surface area contributed by atoms with Gasteiger partial charge in [-0.25, -0.2) is 4.39 Å². The molecule has 1 aromatic heterocycles. The Morgan fingerprint density at radius 3 is 2.24 bits per heavy atom. The molecule has 8 nitrogen and oxygen atoms in total. The lowest BCUT2D eigenvalue weighted by molar-refractivity contribution is -0.159. The Bertz CT molecular complexity index is 1290. The fraction of sp³-hybridized carbons (Fsp3) is 0.586. The van der Waals surface area contributed by atoms with Gasteiger partial charge < -0.3 is 15.5 Å². The van der Waals surface area contributed by atoms with Gasteiger partial charge in [0, 0.05) is 19.3 Å². The van der Waals surface area contributed by atoms with Gasteiger partial charge in [-0.1, -0.05) is 0 Å². The molecule has 0 spiro atoms. The molecule has 2 atom stereocenters. The highest BCUT2D eigenvalue weighted by Crippen LogP contribution is 2.51. The van der Waals surface area contributed by atoms with E-state index in [0.29, 0.717) is 28.0 Å². The van der Waals surface area contributed by atoms with Crippen LogP contribution in [0.2, 0.25) is 0 Å². The second kappa shape index (κ2) is 11.8. The number of rotatable bonds is 11. The average Bonchev–Trinajstić information content (AvgIpc) is 3.82. The normalized spacial score (nSPS) is 17.0. The minimum atomic E-state index is -4.56. The molecule has 1 unspecified atom stereocenters. The molecule has 1 heterocycles. The second-order valence-corrected chi connectivity index (χ2v) is 11.7. The van der Waals surface area contributed by atoms with E-state index >= 15 is 4.39 Å². The minimum absolute atomic E-state index is 0.0706. The van der Waals surface area contributed by atoms with Crippen molar-refractivity contribution in [2.45, 2.75) is 77.6 Å². The number of nitrogens with one attached hydrogen (secondary N) is 2. The first kappa shape index (κ1) is 30.5. The minimum Gasteiger partial charge on any atom is -0.339 e. The van der Waals surface area contributed by atoms with Crippen LogP contribution in [-0.2, 0) is 9.59 Å². The first-order chi connectivity index (χ1) is 19.2. The van der Waals surface area contributed by atoms with E-state index in [1.807, 2.05) is 13.8 Å². The maximum Gasteiger partial charge on any atom is 0.406 e. The zero-order chi connectivity index (χ0) is 30.2. The van der Waals surface area contributed by atoms with Gasteiger partial charge in [-0.15, -0.1) is 0 Å². The molecular weight excluding hydrogens is 542 g/mol. The van der Waals surface area contributed by atoms with Crippen LogP contribution in [0, 0.1) is 30.5 Å². The van der Waals surface area contributed by atoms with Gasteiger partial charge in [-0.05, 0) is 100 Å². The van der Waals surface area contributed by atoms with Crippen LogP contribution in [-0.4, -0.2) is 58.2 Å². The Morgan fingerprint density at radius 2 is 1.71 bits per heavy atom. The summed E-state index contributed by atoms with van der Waals surface area (Å²) in [6, 6.07) is 3.06. The van der Waals surface area contributed by atoms with Gasteiger partial charge >= 0.3 is 6.18 Å². The Labute approximate surface area is 236 Å². The summed E-state index contributed by atoms with van der Waals surface area (Å²) in [7, 11) is 1.05. The number of aromatic nitrogens is 2. The van der Waals surface area contributed by atoms with E-state index in [0.717, 1.165) is 38.8 Å². The molecular formula is C29H37F4N5O3. The second-order valence-electron chi connectivity index (χ2n) is 11.7. The van der Waals surface area contributed by atoms with Crippen molar-refractivity contribution in [3.8, 4) is 0 Å². The Kier molecular flexibility index (Phi) is 8.79. The Balaban J connectivity index is 1.55. The zero-order valence-corrected chi connectivity index (χ0v) is 23.9. The van der Waals surface area contributed by atoms with Gasteiger partial charge in [0.2, 0.25) is 11.8 Å². The van der Waals surface area contributed by atoms with Gasteiger partial charge in [-0.2, -0.15) is 18.3 Å². The summed E-state index contributed by atoms with van der Waals surface area (Å²) < 4.78 is 55.2. The lowest BCUT2D eigenvalue weighted by atomic mass is 9.88. The summed E-state index contributed by atoms with van der Waals surface area (Å²) in [6.45, 7) is 5.38. The maximum atomic E-state index is 15.3. The van der Waals surface area contributed by atoms with Crippen LogP contribution in [0.4, 0.5) is 23.2 Å². The third-order valence-electron chi connectivity index (χ3n) is 7.92. The van der Waals surface area contributed by atoms with Crippen molar-refractivity contribution >= 4 is 23.4 Å². The lowest BCUT2D eigenvalue weighted by Crippen LogP contribution is -2.50. The van der Waals surface area contributed by atoms with Crippen LogP contribution >= 0.6 is 0 Å². The summed E-state index contributed by atoms with van der Waals surface area (Å²) >= 11 is 0. The molecule has 0 aliphatic heterocycles. The molecule has 2 saturated carbocycles. The van der Waals surface area contributed by atoms with Gasteiger partial charge in [0.1, 0.15) is 24.1 Å². The van der Waals surface area contributed by atoms with E-state index in [1.54, 1.807) is 17.7 Å². The van der Waals surface area contributed by atoms with E-state index in [1.165, 1.54) is 19.2 Å². The number of benzene rings is 1. The van der Waals surface area contributed by atoms with E-state index < -0.39 is 48.2 Å². The number of nitrogens with zero attached hydrogens (tertiary/aromatic N) is 3. The fourth-order valence-corrected chi connectivity index (χ4v) is 5.63. The van der Waals surface area contributed by atoms with Crippen LogP contribution in [0.25, 0.3) is 0 Å². The van der Waals surface area contributed by atoms with E-state index in [4.69, 9.17) is 0 Å². The molecule has 2 aromatic rings. The van der Waals surface area contributed by atoms with Gasteiger partial charge in [0.05, 0.1) is 11.6 Å². The van der Waals surface area contributed by atoms with Crippen molar-refractivity contribution in [1.29, 1.82) is 0 Å². The molecule has 3 amide bonds. The van der Waals surface area contributed by atoms with Crippen LogP contribution in [0.15, 0.2) is 24.4 Å². The third kappa shape index (κ3) is 7.26. The highest BCUT2D eigenvalue weighted by molar-refractivity contribution is 6.01. The number of halogens is 4. The van der Waals surface area contributed by atoms with Crippen molar-refractivity contribution < 1.29 is 31.9 Å². The van der Waals surface area contributed by atoms with Gasteiger partial charge in [-0.3, -0.25) is 19.1 Å². The first-order valence-corrected chi connectivity index (χ1v) is 13.9. The fourth-order valence-electron chi connectivity index (χ4n) is 5.63. The molecule has 224 valence electrons. The molecule has 0 bridgehead atoms.